The van der Waals surface area contributed by atoms with Crippen LogP contribution in [-0.2, 0) is 0 Å². The average Bonchev–Trinajstić information content (AvgIpc) is 1.35. The second-order valence-corrected chi connectivity index (χ2v) is 0.852. The quantitative estimate of drug-likeness (QED) is 0.483. The lowest BCUT2D eigenvalue weighted by atomic mass is 10.6. The van der Waals surface area contributed by atoms with Crippen LogP contribution >= 0.6 is 0 Å². The summed E-state index contributed by atoms with van der Waals surface area (Å²) in [6.07, 6.45) is 0. The van der Waals surface area contributed by atoms with Crippen molar-refractivity contribution in [2.45, 2.75) is 0 Å². The largest absolute Gasteiger partial charge is 0.316 e. The zero-order valence-corrected chi connectivity index (χ0v) is 3.24. The van der Waals surface area contributed by atoms with Gasteiger partial charge in [-0.3, -0.25) is 0 Å². The first-order chi connectivity index (χ1) is 2.77. The van der Waals surface area contributed by atoms with Gasteiger partial charge in [-0.15, -0.1) is 0 Å². The summed E-state index contributed by atoms with van der Waals surface area (Å²) in [6.45, 7) is 2.68. The van der Waals surface area contributed by atoms with Gasteiger partial charge in [0.05, 0.1) is 6.54 Å². The van der Waals surface area contributed by atoms with E-state index in [-0.39, 0.29) is 6.54 Å². The molecule has 0 atom stereocenters. The maximum atomic E-state index is 11.3. The second-order valence-electron chi connectivity index (χ2n) is 0.852. The molecule has 0 radical (unpaired) electrons. The molecule has 0 saturated heterocycles. The lowest BCUT2D eigenvalue weighted by Gasteiger charge is -1.85. The lowest BCUT2D eigenvalue weighted by molar-refractivity contribution is 0.171. The van der Waals surface area contributed by atoms with E-state index in [2.05, 4.69) is 6.58 Å². The van der Waals surface area contributed by atoms with Gasteiger partial charge in [0.15, 0.2) is 0 Å². The molecular formula is C3H6FNO. The molecule has 6 heavy (non-hydrogen) atoms. The number of hydrogen-bond donors (Lipinski definition) is 2. The molecule has 0 aliphatic carbocycles. The third kappa shape index (κ3) is 3.59. The van der Waals surface area contributed by atoms with Crippen LogP contribution in [0.3, 0.4) is 0 Å². The fourth-order valence-electron chi connectivity index (χ4n) is 0.0858. The highest BCUT2D eigenvalue weighted by atomic mass is 19.1. The van der Waals surface area contributed by atoms with Crippen molar-refractivity contribution in [3.8, 4) is 0 Å². The highest BCUT2D eigenvalue weighted by molar-refractivity contribution is 4.79. The van der Waals surface area contributed by atoms with Crippen molar-refractivity contribution < 1.29 is 9.60 Å². The van der Waals surface area contributed by atoms with Gasteiger partial charge in [0.1, 0.15) is 5.83 Å². The van der Waals surface area contributed by atoms with Gasteiger partial charge in [-0.25, -0.2) is 4.39 Å². The molecule has 36 valence electrons. The molecule has 0 rings (SSSR count). The first kappa shape index (κ1) is 5.59. The predicted molar refractivity (Wildman–Crippen MR) is 20.0 cm³/mol. The fourth-order valence-corrected chi connectivity index (χ4v) is 0.0858. The Hall–Kier alpha value is -0.410. The molecule has 3 heteroatoms. The summed E-state index contributed by atoms with van der Waals surface area (Å²) in [7, 11) is 0. The Kier molecular flexibility index (Phi) is 2.62. The average molecular weight is 91.1 g/mol. The van der Waals surface area contributed by atoms with Gasteiger partial charge in [0.2, 0.25) is 0 Å². The van der Waals surface area contributed by atoms with E-state index in [1.54, 1.807) is 5.48 Å². The van der Waals surface area contributed by atoms with Crippen LogP contribution in [-0.4, -0.2) is 11.8 Å². The van der Waals surface area contributed by atoms with Gasteiger partial charge in [-0.1, -0.05) is 6.58 Å². The smallest absolute Gasteiger partial charge is 0.109 e. The van der Waals surface area contributed by atoms with Crippen molar-refractivity contribution in [2.75, 3.05) is 6.54 Å². The molecule has 0 aromatic carbocycles. The Morgan fingerprint density at radius 1 is 2.00 bits per heavy atom. The molecule has 0 saturated carbocycles. The van der Waals surface area contributed by atoms with Gasteiger partial charge in [-0.05, 0) is 0 Å². The molecule has 0 aromatic heterocycles. The van der Waals surface area contributed by atoms with Gasteiger partial charge in [0.25, 0.3) is 0 Å². The summed E-state index contributed by atoms with van der Waals surface area (Å²) in [4.78, 5) is 0. The van der Waals surface area contributed by atoms with E-state index in [4.69, 9.17) is 5.21 Å². The molecule has 0 bridgehead atoms. The van der Waals surface area contributed by atoms with Crippen molar-refractivity contribution >= 4 is 0 Å². The third-order valence-electron chi connectivity index (χ3n) is 0.271. The molecule has 0 aliphatic heterocycles. The van der Waals surface area contributed by atoms with Crippen LogP contribution in [0.15, 0.2) is 12.4 Å². The summed E-state index contributed by atoms with van der Waals surface area (Å²) < 4.78 is 11.3. The van der Waals surface area contributed by atoms with E-state index in [9.17, 15) is 4.39 Å². The standard InChI is InChI=1S/C3H6FNO/c1-3(4)2-5-6/h5-6H,1-2H2. The zero-order chi connectivity index (χ0) is 4.99. The SMILES string of the molecule is C=C(F)CNO. The zero-order valence-electron chi connectivity index (χ0n) is 3.24. The molecule has 2 nitrogen and oxygen atoms in total. The van der Waals surface area contributed by atoms with Crippen LogP contribution < -0.4 is 5.48 Å². The van der Waals surface area contributed by atoms with E-state index in [0.717, 1.165) is 0 Å². The van der Waals surface area contributed by atoms with Crippen molar-refractivity contribution in [2.24, 2.45) is 0 Å². The van der Waals surface area contributed by atoms with Crippen LogP contribution in [0.25, 0.3) is 0 Å². The van der Waals surface area contributed by atoms with Crippen molar-refractivity contribution in [3.63, 3.8) is 0 Å². The van der Waals surface area contributed by atoms with Crippen LogP contribution in [0.2, 0.25) is 0 Å². The molecule has 0 unspecified atom stereocenters. The molecule has 0 aliphatic rings. The van der Waals surface area contributed by atoms with E-state index in [1.807, 2.05) is 0 Å². The second kappa shape index (κ2) is 2.81. The molecule has 0 spiro atoms. The Morgan fingerprint density at radius 2 is 2.50 bits per heavy atom. The van der Waals surface area contributed by atoms with E-state index < -0.39 is 5.83 Å². The molecule has 0 aromatic rings. The van der Waals surface area contributed by atoms with Gasteiger partial charge in [-0.2, -0.15) is 5.48 Å². The van der Waals surface area contributed by atoms with Crippen LogP contribution in [0, 0.1) is 0 Å². The maximum absolute atomic E-state index is 11.3. The monoisotopic (exact) mass is 91.0 g/mol. The first-order valence-corrected chi connectivity index (χ1v) is 1.47. The first-order valence-electron chi connectivity index (χ1n) is 1.47. The summed E-state index contributed by atoms with van der Waals surface area (Å²) in [5.74, 6) is -0.572. The number of rotatable bonds is 2. The third-order valence-corrected chi connectivity index (χ3v) is 0.271. The minimum absolute atomic E-state index is 0.181. The Labute approximate surface area is 35.2 Å². The van der Waals surface area contributed by atoms with Crippen LogP contribution in [0.1, 0.15) is 0 Å². The lowest BCUT2D eigenvalue weighted by Crippen LogP contribution is -2.07. The molecule has 0 heterocycles. The number of nitrogens with one attached hydrogen (secondary N) is 1. The minimum atomic E-state index is -0.572. The highest BCUT2D eigenvalue weighted by Crippen LogP contribution is 1.82. The topological polar surface area (TPSA) is 32.3 Å². The summed E-state index contributed by atoms with van der Waals surface area (Å²) in [5, 5.41) is 7.69. The predicted octanol–water partition coefficient (Wildman–Crippen LogP) is 0.448. The molecule has 0 amide bonds. The van der Waals surface area contributed by atoms with Crippen LogP contribution in [0.5, 0.6) is 0 Å². The summed E-state index contributed by atoms with van der Waals surface area (Å²) in [5.41, 5.74) is 1.59. The van der Waals surface area contributed by atoms with Gasteiger partial charge in [0, 0.05) is 0 Å². The number of hydrogen-bond acceptors (Lipinski definition) is 2. The molecule has 2 N–H and O–H groups in total. The Morgan fingerprint density at radius 3 is 2.50 bits per heavy atom. The highest BCUT2D eigenvalue weighted by Gasteiger charge is 1.80. The summed E-state index contributed by atoms with van der Waals surface area (Å²) >= 11 is 0. The normalized spacial score (nSPS) is 8.33. The van der Waals surface area contributed by atoms with Crippen molar-refractivity contribution in [3.05, 3.63) is 12.4 Å². The van der Waals surface area contributed by atoms with Gasteiger partial charge >= 0.3 is 0 Å². The van der Waals surface area contributed by atoms with E-state index in [1.165, 1.54) is 0 Å². The van der Waals surface area contributed by atoms with E-state index in [0.29, 0.717) is 0 Å². The molecule has 0 fully saturated rings. The summed E-state index contributed by atoms with van der Waals surface area (Å²) in [6, 6.07) is 0. The van der Waals surface area contributed by atoms with Gasteiger partial charge < -0.3 is 5.21 Å². The molecular weight excluding hydrogens is 85.0 g/mol. The minimum Gasteiger partial charge on any atom is -0.316 e. The van der Waals surface area contributed by atoms with Crippen molar-refractivity contribution in [1.29, 1.82) is 0 Å². The fraction of sp³-hybridized carbons (Fsp3) is 0.333. The van der Waals surface area contributed by atoms with Crippen LogP contribution in [0.4, 0.5) is 4.39 Å². The van der Waals surface area contributed by atoms with Crippen molar-refractivity contribution in [1.82, 2.24) is 5.48 Å². The number of halogens is 1. The van der Waals surface area contributed by atoms with E-state index >= 15 is 0 Å². The number of hydroxylamine groups is 1. The Bertz CT molecular complexity index is 54.8. The maximum Gasteiger partial charge on any atom is 0.109 e. The Balaban J connectivity index is 2.83.